The summed E-state index contributed by atoms with van der Waals surface area (Å²) in [4.78, 5) is 4.15. The number of pyridine rings is 1. The van der Waals surface area contributed by atoms with Gasteiger partial charge in [-0.1, -0.05) is 0 Å². The van der Waals surface area contributed by atoms with Gasteiger partial charge in [0.1, 0.15) is 23.9 Å². The molecule has 0 saturated heterocycles. The summed E-state index contributed by atoms with van der Waals surface area (Å²) in [6.07, 6.45) is 1.74. The van der Waals surface area contributed by atoms with E-state index in [2.05, 4.69) is 4.98 Å². The van der Waals surface area contributed by atoms with Crippen LogP contribution in [0.15, 0.2) is 28.8 Å². The standard InChI is InChI=1S/C13H16N2O2/c1-9-13(4-3-5-15-9)16-8-12-6-11(7-14)10(2)17-12/h3-6H,7-8,14H2,1-2H3. The summed E-state index contributed by atoms with van der Waals surface area (Å²) in [5, 5.41) is 0. The molecule has 0 spiro atoms. The smallest absolute Gasteiger partial charge is 0.146 e. The van der Waals surface area contributed by atoms with E-state index in [0.717, 1.165) is 28.5 Å². The minimum absolute atomic E-state index is 0.396. The molecule has 0 bridgehead atoms. The number of rotatable bonds is 4. The van der Waals surface area contributed by atoms with Gasteiger partial charge < -0.3 is 14.9 Å². The Balaban J connectivity index is 2.05. The van der Waals surface area contributed by atoms with Gasteiger partial charge >= 0.3 is 0 Å². The van der Waals surface area contributed by atoms with Crippen molar-refractivity contribution in [2.75, 3.05) is 0 Å². The Labute approximate surface area is 100 Å². The van der Waals surface area contributed by atoms with Crippen LogP contribution in [0.1, 0.15) is 22.8 Å². The van der Waals surface area contributed by atoms with E-state index in [-0.39, 0.29) is 0 Å². The maximum absolute atomic E-state index is 5.64. The minimum Gasteiger partial charge on any atom is -0.484 e. The first kappa shape index (κ1) is 11.7. The highest BCUT2D eigenvalue weighted by Crippen LogP contribution is 2.18. The molecule has 90 valence electrons. The lowest BCUT2D eigenvalue weighted by Gasteiger charge is -2.05. The van der Waals surface area contributed by atoms with Gasteiger partial charge in [-0.25, -0.2) is 0 Å². The van der Waals surface area contributed by atoms with Crippen molar-refractivity contribution in [2.45, 2.75) is 27.0 Å². The van der Waals surface area contributed by atoms with E-state index < -0.39 is 0 Å². The fourth-order valence-corrected chi connectivity index (χ4v) is 1.63. The van der Waals surface area contributed by atoms with Gasteiger partial charge in [-0.3, -0.25) is 4.98 Å². The average Bonchev–Trinajstić information content (AvgIpc) is 2.69. The maximum Gasteiger partial charge on any atom is 0.146 e. The van der Waals surface area contributed by atoms with Gasteiger partial charge in [0.25, 0.3) is 0 Å². The zero-order valence-electron chi connectivity index (χ0n) is 10.1. The Morgan fingerprint density at radius 2 is 2.24 bits per heavy atom. The van der Waals surface area contributed by atoms with E-state index in [0.29, 0.717) is 13.2 Å². The molecule has 2 rings (SSSR count). The highest BCUT2D eigenvalue weighted by molar-refractivity contribution is 5.26. The lowest BCUT2D eigenvalue weighted by atomic mass is 10.2. The molecule has 17 heavy (non-hydrogen) atoms. The maximum atomic E-state index is 5.64. The van der Waals surface area contributed by atoms with Crippen LogP contribution in [0.2, 0.25) is 0 Å². The number of nitrogens with zero attached hydrogens (tertiary/aromatic N) is 1. The molecule has 0 unspecified atom stereocenters. The fraction of sp³-hybridized carbons (Fsp3) is 0.308. The third-order valence-corrected chi connectivity index (χ3v) is 2.62. The predicted octanol–water partition coefficient (Wildman–Crippen LogP) is 2.33. The molecule has 0 saturated carbocycles. The summed E-state index contributed by atoms with van der Waals surface area (Å²) in [7, 11) is 0. The molecule has 4 nitrogen and oxygen atoms in total. The van der Waals surface area contributed by atoms with Crippen molar-refractivity contribution >= 4 is 0 Å². The molecule has 0 amide bonds. The summed E-state index contributed by atoms with van der Waals surface area (Å²) in [6.45, 7) is 4.70. The van der Waals surface area contributed by atoms with Crippen molar-refractivity contribution in [2.24, 2.45) is 5.73 Å². The number of aromatic nitrogens is 1. The number of hydrogen-bond acceptors (Lipinski definition) is 4. The average molecular weight is 232 g/mol. The van der Waals surface area contributed by atoms with Crippen LogP contribution in [0.25, 0.3) is 0 Å². The molecule has 0 aliphatic heterocycles. The highest BCUT2D eigenvalue weighted by atomic mass is 16.5. The molecule has 2 aromatic heterocycles. The van der Waals surface area contributed by atoms with Crippen LogP contribution in [0.5, 0.6) is 5.75 Å². The SMILES string of the molecule is Cc1ncccc1OCc1cc(CN)c(C)o1. The molecule has 0 aliphatic carbocycles. The van der Waals surface area contributed by atoms with Gasteiger partial charge in [0.05, 0.1) is 5.69 Å². The van der Waals surface area contributed by atoms with Gasteiger partial charge in [-0.05, 0) is 32.0 Å². The Kier molecular flexibility index (Phi) is 3.44. The monoisotopic (exact) mass is 232 g/mol. The van der Waals surface area contributed by atoms with Crippen molar-refractivity contribution in [3.05, 3.63) is 47.2 Å². The van der Waals surface area contributed by atoms with Crippen LogP contribution in [0.3, 0.4) is 0 Å². The van der Waals surface area contributed by atoms with E-state index in [9.17, 15) is 0 Å². The van der Waals surface area contributed by atoms with Gasteiger partial charge in [0.15, 0.2) is 0 Å². The Hall–Kier alpha value is -1.81. The molecule has 2 N–H and O–H groups in total. The zero-order chi connectivity index (χ0) is 12.3. The summed E-state index contributed by atoms with van der Waals surface area (Å²) in [5.74, 6) is 2.41. The molecule has 0 atom stereocenters. The second-order valence-electron chi connectivity index (χ2n) is 3.87. The van der Waals surface area contributed by atoms with Crippen molar-refractivity contribution in [1.29, 1.82) is 0 Å². The summed E-state index contributed by atoms with van der Waals surface area (Å²) in [5.41, 5.74) is 7.47. The number of hydrogen-bond donors (Lipinski definition) is 1. The van der Waals surface area contributed by atoms with Crippen molar-refractivity contribution < 1.29 is 9.15 Å². The number of aryl methyl sites for hydroxylation is 2. The third-order valence-electron chi connectivity index (χ3n) is 2.62. The quantitative estimate of drug-likeness (QED) is 0.878. The van der Waals surface area contributed by atoms with Crippen molar-refractivity contribution in [3.63, 3.8) is 0 Å². The lowest BCUT2D eigenvalue weighted by Crippen LogP contribution is -1.97. The van der Waals surface area contributed by atoms with E-state index in [1.54, 1.807) is 6.20 Å². The van der Waals surface area contributed by atoms with Crippen LogP contribution in [-0.2, 0) is 13.2 Å². The second-order valence-corrected chi connectivity index (χ2v) is 3.87. The van der Waals surface area contributed by atoms with Crippen LogP contribution in [-0.4, -0.2) is 4.98 Å². The van der Waals surface area contributed by atoms with E-state index in [1.165, 1.54) is 0 Å². The fourth-order valence-electron chi connectivity index (χ4n) is 1.63. The summed E-state index contributed by atoms with van der Waals surface area (Å²) in [6, 6.07) is 5.67. The van der Waals surface area contributed by atoms with Gasteiger partial charge in [-0.2, -0.15) is 0 Å². The molecule has 2 heterocycles. The van der Waals surface area contributed by atoms with Crippen molar-refractivity contribution in [3.8, 4) is 5.75 Å². The second kappa shape index (κ2) is 5.01. The molecule has 0 aliphatic rings. The first-order valence-electron chi connectivity index (χ1n) is 5.53. The summed E-state index contributed by atoms with van der Waals surface area (Å²) >= 11 is 0. The lowest BCUT2D eigenvalue weighted by molar-refractivity contribution is 0.265. The molecule has 0 radical (unpaired) electrons. The Bertz CT molecular complexity index is 506. The normalized spacial score (nSPS) is 10.5. The van der Waals surface area contributed by atoms with Crippen molar-refractivity contribution in [1.82, 2.24) is 4.98 Å². The van der Waals surface area contributed by atoms with Gasteiger partial charge in [0.2, 0.25) is 0 Å². The summed E-state index contributed by atoms with van der Waals surface area (Å²) < 4.78 is 11.2. The molecule has 4 heteroatoms. The predicted molar refractivity (Wildman–Crippen MR) is 64.6 cm³/mol. The largest absolute Gasteiger partial charge is 0.484 e. The van der Waals surface area contributed by atoms with Crippen LogP contribution >= 0.6 is 0 Å². The molecular weight excluding hydrogens is 216 g/mol. The number of furan rings is 1. The van der Waals surface area contributed by atoms with Gasteiger partial charge in [0, 0.05) is 18.3 Å². The molecule has 0 fully saturated rings. The van der Waals surface area contributed by atoms with Gasteiger partial charge in [-0.15, -0.1) is 0 Å². The minimum atomic E-state index is 0.396. The molecule has 2 aromatic rings. The number of ether oxygens (including phenoxy) is 1. The first-order chi connectivity index (χ1) is 8.20. The number of nitrogens with two attached hydrogens (primary N) is 1. The zero-order valence-corrected chi connectivity index (χ0v) is 10.1. The van der Waals surface area contributed by atoms with E-state index in [1.807, 2.05) is 32.0 Å². The first-order valence-corrected chi connectivity index (χ1v) is 5.53. The van der Waals surface area contributed by atoms with Crippen LogP contribution in [0, 0.1) is 13.8 Å². The molecule has 0 aromatic carbocycles. The topological polar surface area (TPSA) is 61.3 Å². The van der Waals surface area contributed by atoms with Crippen LogP contribution in [0.4, 0.5) is 0 Å². The Morgan fingerprint density at radius 1 is 1.41 bits per heavy atom. The van der Waals surface area contributed by atoms with E-state index >= 15 is 0 Å². The van der Waals surface area contributed by atoms with Crippen LogP contribution < -0.4 is 10.5 Å². The third kappa shape index (κ3) is 2.65. The Morgan fingerprint density at radius 3 is 2.88 bits per heavy atom. The highest BCUT2D eigenvalue weighted by Gasteiger charge is 2.07. The molecular formula is C13H16N2O2. The van der Waals surface area contributed by atoms with E-state index in [4.69, 9.17) is 14.9 Å².